The summed E-state index contributed by atoms with van der Waals surface area (Å²) in [5.74, 6) is -0.914. The van der Waals surface area contributed by atoms with Crippen molar-refractivity contribution in [2.24, 2.45) is 17.1 Å². The highest BCUT2D eigenvalue weighted by Crippen LogP contribution is 2.28. The number of amides is 2. The van der Waals surface area contributed by atoms with Crippen molar-refractivity contribution >= 4 is 41.5 Å². The van der Waals surface area contributed by atoms with Crippen molar-refractivity contribution in [1.29, 1.82) is 0 Å². The van der Waals surface area contributed by atoms with Crippen molar-refractivity contribution < 1.29 is 9.59 Å². The Morgan fingerprint density at radius 2 is 2.12 bits per heavy atom. The number of nitrogens with two attached hydrogens (primary N) is 1. The normalized spacial score (nSPS) is 17.6. The Balaban J connectivity index is 0.00000288. The molecular formula is C17H25Cl2N3O2. The van der Waals surface area contributed by atoms with Crippen LogP contribution in [0.5, 0.6) is 0 Å². The Bertz CT molecular complexity index is 607. The molecule has 1 fully saturated rings. The first-order chi connectivity index (χ1) is 10.7. The third kappa shape index (κ3) is 4.62. The molecule has 24 heavy (non-hydrogen) atoms. The van der Waals surface area contributed by atoms with Gasteiger partial charge in [0.25, 0.3) is 0 Å². The molecule has 1 saturated heterocycles. The van der Waals surface area contributed by atoms with Gasteiger partial charge in [-0.1, -0.05) is 31.5 Å². The smallest absolute Gasteiger partial charge is 0.239 e. The van der Waals surface area contributed by atoms with Crippen LogP contribution < -0.4 is 10.6 Å². The molecule has 0 bridgehead atoms. The van der Waals surface area contributed by atoms with Crippen molar-refractivity contribution in [1.82, 2.24) is 4.90 Å². The van der Waals surface area contributed by atoms with Crippen molar-refractivity contribution in [3.63, 3.8) is 0 Å². The lowest BCUT2D eigenvalue weighted by Gasteiger charge is -2.30. The number of hydrogen-bond acceptors (Lipinski definition) is 3. The van der Waals surface area contributed by atoms with E-state index in [4.69, 9.17) is 17.3 Å². The molecule has 2 rings (SSSR count). The number of anilines is 1. The number of nitrogens with zero attached hydrogens (tertiary/aromatic N) is 2. The Labute approximate surface area is 154 Å². The summed E-state index contributed by atoms with van der Waals surface area (Å²) in [6, 6.07) is 7.14. The zero-order valence-corrected chi connectivity index (χ0v) is 15.9. The lowest BCUT2D eigenvalue weighted by molar-refractivity contribution is -0.139. The van der Waals surface area contributed by atoms with E-state index in [0.717, 1.165) is 5.69 Å². The highest BCUT2D eigenvalue weighted by atomic mass is 35.5. The van der Waals surface area contributed by atoms with Crippen LogP contribution in [-0.4, -0.2) is 43.4 Å². The first-order valence-electron chi connectivity index (χ1n) is 7.77. The molecule has 0 saturated carbocycles. The second-order valence-corrected chi connectivity index (χ2v) is 7.31. The van der Waals surface area contributed by atoms with Gasteiger partial charge in [-0.15, -0.1) is 12.4 Å². The van der Waals surface area contributed by atoms with Crippen LogP contribution in [0.4, 0.5) is 5.69 Å². The van der Waals surface area contributed by atoms with Gasteiger partial charge >= 0.3 is 0 Å². The van der Waals surface area contributed by atoms with E-state index in [9.17, 15) is 9.59 Å². The molecule has 5 nitrogen and oxygen atoms in total. The van der Waals surface area contributed by atoms with E-state index in [2.05, 4.69) is 0 Å². The number of hydrogen-bond donors (Lipinski definition) is 1. The number of rotatable bonds is 5. The van der Waals surface area contributed by atoms with Gasteiger partial charge in [-0.2, -0.15) is 0 Å². The largest absolute Gasteiger partial charge is 0.344 e. The summed E-state index contributed by atoms with van der Waals surface area (Å²) in [6.07, 6.45) is 0.525. The summed E-state index contributed by atoms with van der Waals surface area (Å²) in [5.41, 5.74) is 6.29. The van der Waals surface area contributed by atoms with Crippen LogP contribution in [0.1, 0.15) is 20.3 Å². The van der Waals surface area contributed by atoms with Gasteiger partial charge in [-0.3, -0.25) is 9.59 Å². The predicted octanol–water partition coefficient (Wildman–Crippen LogP) is 2.56. The zero-order valence-electron chi connectivity index (χ0n) is 14.3. The Morgan fingerprint density at radius 1 is 1.46 bits per heavy atom. The first-order valence-corrected chi connectivity index (χ1v) is 8.15. The molecule has 1 unspecified atom stereocenters. The van der Waals surface area contributed by atoms with Crippen molar-refractivity contribution in [3.05, 3.63) is 29.3 Å². The van der Waals surface area contributed by atoms with E-state index in [1.54, 1.807) is 35.0 Å². The maximum Gasteiger partial charge on any atom is 0.239 e. The Hall–Kier alpha value is -1.30. The molecule has 1 aromatic carbocycles. The fourth-order valence-electron chi connectivity index (χ4n) is 2.86. The molecule has 2 amide bonds. The summed E-state index contributed by atoms with van der Waals surface area (Å²) in [6.45, 7) is 5.56. The number of carbonyl (C=O) groups excluding carboxylic acids is 2. The van der Waals surface area contributed by atoms with Gasteiger partial charge in [0.05, 0.1) is 0 Å². The van der Waals surface area contributed by atoms with Crippen molar-refractivity contribution in [2.75, 3.05) is 31.6 Å². The summed E-state index contributed by atoms with van der Waals surface area (Å²) >= 11 is 5.98. The van der Waals surface area contributed by atoms with Crippen LogP contribution in [0.25, 0.3) is 0 Å². The van der Waals surface area contributed by atoms with Crippen LogP contribution in [0.15, 0.2) is 24.3 Å². The molecule has 0 spiro atoms. The lowest BCUT2D eigenvalue weighted by Crippen LogP contribution is -2.44. The number of benzene rings is 1. The average molecular weight is 374 g/mol. The van der Waals surface area contributed by atoms with Crippen LogP contribution in [-0.2, 0) is 9.59 Å². The standard InChI is InChI=1S/C17H24ClN3O2.ClH/c1-17(2,10-19)11-20(3)15(22)14-7-8-21(16(14)23)13-6-4-5-12(18)9-13;/h4-6,9,14H,7-8,10-11,19H2,1-3H3;1H. The Kier molecular flexibility index (Phi) is 7.08. The van der Waals surface area contributed by atoms with Crippen LogP contribution in [0, 0.1) is 11.3 Å². The van der Waals surface area contributed by atoms with E-state index in [-0.39, 0.29) is 29.6 Å². The van der Waals surface area contributed by atoms with E-state index in [1.807, 2.05) is 19.9 Å². The first kappa shape index (κ1) is 20.7. The van der Waals surface area contributed by atoms with Gasteiger partial charge in [0.15, 0.2) is 0 Å². The van der Waals surface area contributed by atoms with Gasteiger partial charge in [0.2, 0.25) is 11.8 Å². The van der Waals surface area contributed by atoms with Gasteiger partial charge in [0.1, 0.15) is 5.92 Å². The summed E-state index contributed by atoms with van der Waals surface area (Å²) < 4.78 is 0. The molecule has 1 aliphatic rings. The monoisotopic (exact) mass is 373 g/mol. The molecule has 1 heterocycles. The summed E-state index contributed by atoms with van der Waals surface area (Å²) in [7, 11) is 1.73. The number of carbonyl (C=O) groups is 2. The van der Waals surface area contributed by atoms with Gasteiger partial charge in [-0.25, -0.2) is 0 Å². The predicted molar refractivity (Wildman–Crippen MR) is 99.6 cm³/mol. The van der Waals surface area contributed by atoms with E-state index >= 15 is 0 Å². The average Bonchev–Trinajstić information content (AvgIpc) is 2.87. The maximum atomic E-state index is 12.6. The minimum absolute atomic E-state index is 0. The second-order valence-electron chi connectivity index (χ2n) is 6.87. The SMILES string of the molecule is CN(CC(C)(C)CN)C(=O)C1CCN(c2cccc(Cl)c2)C1=O.Cl. The minimum atomic E-state index is -0.618. The third-order valence-corrected chi connectivity index (χ3v) is 4.45. The number of halogens is 2. The molecule has 7 heteroatoms. The van der Waals surface area contributed by atoms with E-state index < -0.39 is 5.92 Å². The topological polar surface area (TPSA) is 66.6 Å². The van der Waals surface area contributed by atoms with Gasteiger partial charge in [0, 0.05) is 30.8 Å². The lowest BCUT2D eigenvalue weighted by atomic mass is 9.92. The summed E-state index contributed by atoms with van der Waals surface area (Å²) in [5, 5.41) is 0.576. The van der Waals surface area contributed by atoms with Gasteiger partial charge in [-0.05, 0) is 36.6 Å². The van der Waals surface area contributed by atoms with E-state index in [0.29, 0.717) is 31.1 Å². The van der Waals surface area contributed by atoms with E-state index in [1.165, 1.54) is 0 Å². The minimum Gasteiger partial charge on any atom is -0.344 e. The molecular weight excluding hydrogens is 349 g/mol. The molecule has 1 aromatic rings. The fraction of sp³-hybridized carbons (Fsp3) is 0.529. The Morgan fingerprint density at radius 3 is 2.71 bits per heavy atom. The molecule has 1 atom stereocenters. The molecule has 0 aromatic heterocycles. The molecule has 2 N–H and O–H groups in total. The third-order valence-electron chi connectivity index (χ3n) is 4.22. The quantitative estimate of drug-likeness (QED) is 0.806. The van der Waals surface area contributed by atoms with Crippen molar-refractivity contribution in [2.45, 2.75) is 20.3 Å². The fourth-order valence-corrected chi connectivity index (χ4v) is 3.04. The summed E-state index contributed by atoms with van der Waals surface area (Å²) in [4.78, 5) is 28.5. The van der Waals surface area contributed by atoms with Crippen LogP contribution in [0.3, 0.4) is 0 Å². The van der Waals surface area contributed by atoms with Crippen LogP contribution >= 0.6 is 24.0 Å². The van der Waals surface area contributed by atoms with Gasteiger partial charge < -0.3 is 15.5 Å². The molecule has 0 aliphatic carbocycles. The highest BCUT2D eigenvalue weighted by Gasteiger charge is 2.39. The second kappa shape index (κ2) is 8.19. The maximum absolute atomic E-state index is 12.6. The highest BCUT2D eigenvalue weighted by molar-refractivity contribution is 6.31. The molecule has 0 radical (unpaired) electrons. The molecule has 134 valence electrons. The molecule has 1 aliphatic heterocycles. The zero-order chi connectivity index (χ0) is 17.2. The van der Waals surface area contributed by atoms with Crippen LogP contribution in [0.2, 0.25) is 5.02 Å². The van der Waals surface area contributed by atoms with Crippen molar-refractivity contribution in [3.8, 4) is 0 Å².